The van der Waals surface area contributed by atoms with E-state index in [1.807, 2.05) is 17.9 Å². The molecule has 2 heterocycles. The van der Waals surface area contributed by atoms with Gasteiger partial charge in [-0.1, -0.05) is 11.6 Å². The summed E-state index contributed by atoms with van der Waals surface area (Å²) in [5, 5.41) is 13.4. The molecule has 4 nitrogen and oxygen atoms in total. The number of hydrogen-bond acceptors (Lipinski definition) is 3. The van der Waals surface area contributed by atoms with Crippen molar-refractivity contribution in [3.63, 3.8) is 0 Å². The predicted octanol–water partition coefficient (Wildman–Crippen LogP) is 1.52. The number of fused-ring (bicyclic) bond motifs is 1. The van der Waals surface area contributed by atoms with E-state index in [0.29, 0.717) is 17.5 Å². The minimum atomic E-state index is -0.0356. The van der Waals surface area contributed by atoms with Crippen LogP contribution in [0.1, 0.15) is 28.8 Å². The number of rotatable bonds is 1. The fraction of sp³-hybridized carbons (Fsp3) is 0.533. The van der Waals surface area contributed by atoms with Gasteiger partial charge in [0.2, 0.25) is 0 Å². The molecule has 1 aromatic rings. The SMILES string of the molecule is Cc1ccc(O)c(C(=O)N2CCC3NCCC3C2)c1. The lowest BCUT2D eigenvalue weighted by molar-refractivity contribution is 0.0659. The molecule has 1 aromatic carbocycles. The van der Waals surface area contributed by atoms with E-state index in [1.54, 1.807) is 12.1 Å². The number of aromatic hydroxyl groups is 1. The maximum atomic E-state index is 12.5. The first-order valence-corrected chi connectivity index (χ1v) is 6.97. The Morgan fingerprint density at radius 1 is 1.42 bits per heavy atom. The molecule has 2 fully saturated rings. The van der Waals surface area contributed by atoms with Gasteiger partial charge in [-0.3, -0.25) is 4.79 Å². The van der Waals surface area contributed by atoms with Crippen molar-refractivity contribution in [2.24, 2.45) is 5.92 Å². The van der Waals surface area contributed by atoms with Gasteiger partial charge in [-0.05, 0) is 44.4 Å². The van der Waals surface area contributed by atoms with Crippen molar-refractivity contribution in [2.75, 3.05) is 19.6 Å². The molecule has 2 N–H and O–H groups in total. The van der Waals surface area contributed by atoms with Crippen molar-refractivity contribution in [2.45, 2.75) is 25.8 Å². The Labute approximate surface area is 113 Å². The van der Waals surface area contributed by atoms with Crippen LogP contribution in [0.25, 0.3) is 0 Å². The second-order valence-electron chi connectivity index (χ2n) is 5.67. The molecular formula is C15H20N2O2. The van der Waals surface area contributed by atoms with E-state index in [2.05, 4.69) is 5.32 Å². The van der Waals surface area contributed by atoms with Gasteiger partial charge >= 0.3 is 0 Å². The number of piperidine rings is 1. The number of nitrogens with one attached hydrogen (secondary N) is 1. The van der Waals surface area contributed by atoms with Gasteiger partial charge in [0.05, 0.1) is 5.56 Å². The van der Waals surface area contributed by atoms with Gasteiger partial charge in [-0.2, -0.15) is 0 Å². The van der Waals surface area contributed by atoms with Crippen LogP contribution >= 0.6 is 0 Å². The van der Waals surface area contributed by atoms with Crippen LogP contribution in [0.15, 0.2) is 18.2 Å². The number of phenols is 1. The summed E-state index contributed by atoms with van der Waals surface area (Å²) < 4.78 is 0. The molecule has 2 aliphatic heterocycles. The first-order chi connectivity index (χ1) is 9.15. The zero-order valence-electron chi connectivity index (χ0n) is 11.2. The van der Waals surface area contributed by atoms with E-state index in [0.717, 1.165) is 38.0 Å². The Morgan fingerprint density at radius 2 is 2.26 bits per heavy atom. The van der Waals surface area contributed by atoms with Gasteiger partial charge < -0.3 is 15.3 Å². The Bertz CT molecular complexity index is 501. The summed E-state index contributed by atoms with van der Waals surface area (Å²) in [5.74, 6) is 0.624. The molecule has 2 unspecified atom stereocenters. The standard InChI is InChI=1S/C15H20N2O2/c1-10-2-3-14(18)12(8-10)15(19)17-7-5-13-11(9-17)4-6-16-13/h2-3,8,11,13,16,18H,4-7,9H2,1H3. The fourth-order valence-electron chi connectivity index (χ4n) is 3.22. The highest BCUT2D eigenvalue weighted by atomic mass is 16.3. The molecule has 19 heavy (non-hydrogen) atoms. The Balaban J connectivity index is 1.78. The Kier molecular flexibility index (Phi) is 3.19. The number of likely N-dealkylation sites (tertiary alicyclic amines) is 1. The van der Waals surface area contributed by atoms with Gasteiger partial charge in [0.25, 0.3) is 5.91 Å². The zero-order chi connectivity index (χ0) is 13.4. The Hall–Kier alpha value is -1.55. The maximum Gasteiger partial charge on any atom is 0.257 e. The maximum absolute atomic E-state index is 12.5. The fourth-order valence-corrected chi connectivity index (χ4v) is 3.22. The molecule has 102 valence electrons. The average molecular weight is 260 g/mol. The number of nitrogens with zero attached hydrogens (tertiary/aromatic N) is 1. The summed E-state index contributed by atoms with van der Waals surface area (Å²) in [6.07, 6.45) is 2.16. The van der Waals surface area contributed by atoms with Crippen molar-refractivity contribution in [3.8, 4) is 5.75 Å². The molecule has 4 heteroatoms. The van der Waals surface area contributed by atoms with E-state index in [-0.39, 0.29) is 11.7 Å². The lowest BCUT2D eigenvalue weighted by Gasteiger charge is -2.35. The van der Waals surface area contributed by atoms with Crippen LogP contribution in [0.2, 0.25) is 0 Å². The highest BCUT2D eigenvalue weighted by molar-refractivity contribution is 5.97. The molecule has 0 radical (unpaired) electrons. The van der Waals surface area contributed by atoms with E-state index < -0.39 is 0 Å². The molecule has 1 amide bonds. The van der Waals surface area contributed by atoms with Crippen LogP contribution < -0.4 is 5.32 Å². The number of hydrogen-bond donors (Lipinski definition) is 2. The first kappa shape index (κ1) is 12.5. The molecule has 0 saturated carbocycles. The Morgan fingerprint density at radius 3 is 3.11 bits per heavy atom. The molecular weight excluding hydrogens is 240 g/mol. The highest BCUT2D eigenvalue weighted by Gasteiger charge is 2.34. The lowest BCUT2D eigenvalue weighted by Crippen LogP contribution is -2.46. The number of carbonyl (C=O) groups is 1. The number of benzene rings is 1. The molecule has 2 saturated heterocycles. The van der Waals surface area contributed by atoms with Crippen LogP contribution in [-0.4, -0.2) is 41.6 Å². The van der Waals surface area contributed by atoms with Crippen LogP contribution in [-0.2, 0) is 0 Å². The van der Waals surface area contributed by atoms with Crippen LogP contribution in [0.4, 0.5) is 0 Å². The third-order valence-electron chi connectivity index (χ3n) is 4.33. The number of phenolic OH excluding ortho intramolecular Hbond substituents is 1. The smallest absolute Gasteiger partial charge is 0.257 e. The summed E-state index contributed by atoms with van der Waals surface area (Å²) in [7, 11) is 0. The number of amides is 1. The van der Waals surface area contributed by atoms with Gasteiger partial charge in [0.15, 0.2) is 0 Å². The molecule has 3 rings (SSSR count). The quantitative estimate of drug-likeness (QED) is 0.805. The van der Waals surface area contributed by atoms with Crippen LogP contribution in [0.3, 0.4) is 0 Å². The highest BCUT2D eigenvalue weighted by Crippen LogP contribution is 2.27. The summed E-state index contributed by atoms with van der Waals surface area (Å²) >= 11 is 0. The van der Waals surface area contributed by atoms with Gasteiger partial charge in [-0.25, -0.2) is 0 Å². The molecule has 2 aliphatic rings. The normalized spacial score (nSPS) is 26.3. The van der Waals surface area contributed by atoms with Gasteiger partial charge in [0, 0.05) is 19.1 Å². The van der Waals surface area contributed by atoms with Crippen LogP contribution in [0.5, 0.6) is 5.75 Å². The lowest BCUT2D eigenvalue weighted by atomic mass is 9.93. The predicted molar refractivity (Wildman–Crippen MR) is 73.3 cm³/mol. The largest absolute Gasteiger partial charge is 0.507 e. The van der Waals surface area contributed by atoms with Crippen molar-refractivity contribution in [1.82, 2.24) is 10.2 Å². The minimum Gasteiger partial charge on any atom is -0.507 e. The summed E-state index contributed by atoms with van der Waals surface area (Å²) in [4.78, 5) is 14.4. The number of carbonyl (C=O) groups excluding carboxylic acids is 1. The number of aryl methyl sites for hydroxylation is 1. The molecule has 0 aliphatic carbocycles. The van der Waals surface area contributed by atoms with Gasteiger partial charge in [-0.15, -0.1) is 0 Å². The van der Waals surface area contributed by atoms with Crippen molar-refractivity contribution < 1.29 is 9.90 Å². The third-order valence-corrected chi connectivity index (χ3v) is 4.33. The topological polar surface area (TPSA) is 52.6 Å². The second-order valence-corrected chi connectivity index (χ2v) is 5.67. The van der Waals surface area contributed by atoms with Crippen LogP contribution in [0, 0.1) is 12.8 Å². The van der Waals surface area contributed by atoms with E-state index in [1.165, 1.54) is 0 Å². The first-order valence-electron chi connectivity index (χ1n) is 6.97. The van der Waals surface area contributed by atoms with E-state index in [4.69, 9.17) is 0 Å². The van der Waals surface area contributed by atoms with Crippen molar-refractivity contribution >= 4 is 5.91 Å². The molecule has 0 bridgehead atoms. The molecule has 0 aromatic heterocycles. The van der Waals surface area contributed by atoms with Gasteiger partial charge in [0.1, 0.15) is 5.75 Å². The van der Waals surface area contributed by atoms with E-state index in [9.17, 15) is 9.90 Å². The molecule has 2 atom stereocenters. The monoisotopic (exact) mass is 260 g/mol. The third kappa shape index (κ3) is 2.32. The van der Waals surface area contributed by atoms with E-state index >= 15 is 0 Å². The van der Waals surface area contributed by atoms with Crippen molar-refractivity contribution in [3.05, 3.63) is 29.3 Å². The molecule has 0 spiro atoms. The average Bonchev–Trinajstić information content (AvgIpc) is 2.88. The minimum absolute atomic E-state index is 0.0356. The summed E-state index contributed by atoms with van der Waals surface area (Å²) in [5.41, 5.74) is 1.43. The van der Waals surface area contributed by atoms with Crippen molar-refractivity contribution in [1.29, 1.82) is 0 Å². The summed E-state index contributed by atoms with van der Waals surface area (Å²) in [6, 6.07) is 5.78. The summed E-state index contributed by atoms with van der Waals surface area (Å²) in [6.45, 7) is 4.58. The second kappa shape index (κ2) is 4.85. The zero-order valence-corrected chi connectivity index (χ0v) is 11.2.